The molecule has 0 bridgehead atoms. The highest BCUT2D eigenvalue weighted by Gasteiger charge is 2.22. The van der Waals surface area contributed by atoms with Gasteiger partial charge in [-0.25, -0.2) is 0 Å². The second-order valence-corrected chi connectivity index (χ2v) is 5.85. The molecule has 0 N–H and O–H groups in total. The van der Waals surface area contributed by atoms with E-state index >= 15 is 0 Å². The van der Waals surface area contributed by atoms with Crippen LogP contribution in [0.3, 0.4) is 0 Å². The summed E-state index contributed by atoms with van der Waals surface area (Å²) in [7, 11) is 2.11. The molecular formula is C16H20N6. The van der Waals surface area contributed by atoms with Crippen molar-refractivity contribution in [3.63, 3.8) is 0 Å². The molecule has 2 heterocycles. The van der Waals surface area contributed by atoms with Crippen molar-refractivity contribution in [2.75, 3.05) is 38.1 Å². The first-order valence-corrected chi connectivity index (χ1v) is 7.47. The van der Waals surface area contributed by atoms with Gasteiger partial charge in [-0.2, -0.15) is 5.26 Å². The van der Waals surface area contributed by atoms with E-state index in [1.807, 2.05) is 19.9 Å². The Balaban J connectivity index is 1.98. The number of hydrogen-bond donors (Lipinski definition) is 0. The smallest absolute Gasteiger partial charge is 0.207 e. The molecule has 6 heteroatoms. The summed E-state index contributed by atoms with van der Waals surface area (Å²) in [6.07, 6.45) is 0. The Labute approximate surface area is 130 Å². The summed E-state index contributed by atoms with van der Waals surface area (Å²) in [6, 6.07) is 8.34. The summed E-state index contributed by atoms with van der Waals surface area (Å²) in [5, 5.41) is 18.4. The fourth-order valence-corrected chi connectivity index (χ4v) is 2.65. The Bertz CT molecular complexity index is 719. The highest BCUT2D eigenvalue weighted by Crippen LogP contribution is 2.21. The van der Waals surface area contributed by atoms with Crippen LogP contribution in [-0.4, -0.2) is 53.1 Å². The van der Waals surface area contributed by atoms with Crippen molar-refractivity contribution in [3.05, 3.63) is 35.0 Å². The van der Waals surface area contributed by atoms with Crippen LogP contribution in [0.2, 0.25) is 0 Å². The maximum atomic E-state index is 9.38. The monoisotopic (exact) mass is 296 g/mol. The highest BCUT2D eigenvalue weighted by atomic mass is 15.5. The van der Waals surface area contributed by atoms with E-state index in [-0.39, 0.29) is 0 Å². The zero-order valence-corrected chi connectivity index (χ0v) is 13.2. The summed E-state index contributed by atoms with van der Waals surface area (Å²) >= 11 is 0. The molecule has 1 aromatic carbocycles. The van der Waals surface area contributed by atoms with Crippen LogP contribution in [0.15, 0.2) is 18.2 Å². The van der Waals surface area contributed by atoms with Crippen LogP contribution in [0.1, 0.15) is 16.8 Å². The quantitative estimate of drug-likeness (QED) is 0.840. The van der Waals surface area contributed by atoms with Gasteiger partial charge in [-0.3, -0.25) is 0 Å². The largest absolute Gasteiger partial charge is 0.350 e. The normalized spacial score (nSPS) is 15.8. The van der Waals surface area contributed by atoms with Crippen LogP contribution in [-0.2, 0) is 0 Å². The Morgan fingerprint density at radius 2 is 1.82 bits per heavy atom. The lowest BCUT2D eigenvalue weighted by atomic mass is 10.1. The average Bonchev–Trinajstić information content (AvgIpc) is 2.94. The van der Waals surface area contributed by atoms with Gasteiger partial charge in [0.2, 0.25) is 5.69 Å². The molecule has 0 atom stereocenters. The molecule has 22 heavy (non-hydrogen) atoms. The van der Waals surface area contributed by atoms with Crippen LogP contribution in [0.5, 0.6) is 0 Å². The Morgan fingerprint density at radius 1 is 1.09 bits per heavy atom. The van der Waals surface area contributed by atoms with Crippen molar-refractivity contribution in [2.45, 2.75) is 13.8 Å². The topological polar surface area (TPSA) is 61.0 Å². The predicted molar refractivity (Wildman–Crippen MR) is 85.3 cm³/mol. The molecule has 1 fully saturated rings. The molecule has 1 saturated heterocycles. The number of hydrogen-bond acceptors (Lipinski definition) is 5. The van der Waals surface area contributed by atoms with E-state index in [2.05, 4.69) is 45.2 Å². The summed E-state index contributed by atoms with van der Waals surface area (Å²) < 4.78 is 0. The number of anilines is 1. The fourth-order valence-electron chi connectivity index (χ4n) is 2.65. The number of nitriles is 1. The van der Waals surface area contributed by atoms with Gasteiger partial charge < -0.3 is 9.80 Å². The minimum atomic E-state index is 0.394. The van der Waals surface area contributed by atoms with Gasteiger partial charge in [-0.1, -0.05) is 12.1 Å². The molecule has 0 aliphatic carbocycles. The molecule has 3 rings (SSSR count). The third kappa shape index (κ3) is 2.68. The summed E-state index contributed by atoms with van der Waals surface area (Å²) in [4.78, 5) is 6.01. The van der Waals surface area contributed by atoms with Crippen molar-refractivity contribution in [2.24, 2.45) is 0 Å². The zero-order chi connectivity index (χ0) is 15.7. The van der Waals surface area contributed by atoms with E-state index < -0.39 is 0 Å². The number of likely N-dealkylation sites (N-methyl/N-ethyl adjacent to an activating group) is 1. The van der Waals surface area contributed by atoms with Crippen LogP contribution >= 0.6 is 0 Å². The Morgan fingerprint density at radius 3 is 2.50 bits per heavy atom. The number of benzene rings is 1. The molecule has 0 spiro atoms. The fraction of sp³-hybridized carbons (Fsp3) is 0.438. The molecule has 6 nitrogen and oxygen atoms in total. The highest BCUT2D eigenvalue weighted by molar-refractivity contribution is 5.51. The Hall–Kier alpha value is -2.39. The molecule has 2 aromatic rings. The van der Waals surface area contributed by atoms with Gasteiger partial charge in [-0.05, 0) is 38.1 Å². The van der Waals surface area contributed by atoms with E-state index in [9.17, 15) is 5.26 Å². The van der Waals surface area contributed by atoms with Crippen molar-refractivity contribution in [1.82, 2.24) is 19.9 Å². The van der Waals surface area contributed by atoms with Crippen LogP contribution in [0, 0.1) is 25.2 Å². The molecule has 0 saturated carbocycles. The van der Waals surface area contributed by atoms with Gasteiger partial charge in [0.1, 0.15) is 6.07 Å². The number of aryl methyl sites for hydroxylation is 2. The lowest BCUT2D eigenvalue weighted by Gasteiger charge is -2.32. The predicted octanol–water partition coefficient (Wildman–Crippen LogP) is 1.51. The van der Waals surface area contributed by atoms with Crippen LogP contribution in [0.4, 0.5) is 5.82 Å². The molecule has 1 aliphatic heterocycles. The van der Waals surface area contributed by atoms with Gasteiger partial charge in [-0.15, -0.1) is 15.0 Å². The second-order valence-electron chi connectivity index (χ2n) is 5.85. The van der Waals surface area contributed by atoms with E-state index in [0.717, 1.165) is 43.0 Å². The SMILES string of the molecule is Cc1ccc(C)c(-n2nc(C#N)c(N3CCN(C)CC3)n2)c1. The molecule has 1 aromatic heterocycles. The number of rotatable bonds is 2. The third-order valence-corrected chi connectivity index (χ3v) is 4.08. The van der Waals surface area contributed by atoms with Crippen molar-refractivity contribution < 1.29 is 0 Å². The van der Waals surface area contributed by atoms with Crippen LogP contribution < -0.4 is 4.90 Å². The first-order chi connectivity index (χ1) is 10.6. The summed E-state index contributed by atoms with van der Waals surface area (Å²) in [5.74, 6) is 0.691. The van der Waals surface area contributed by atoms with Gasteiger partial charge in [0.25, 0.3) is 0 Å². The molecule has 0 radical (unpaired) electrons. The maximum Gasteiger partial charge on any atom is 0.207 e. The summed E-state index contributed by atoms with van der Waals surface area (Å²) in [6.45, 7) is 7.76. The van der Waals surface area contributed by atoms with Crippen molar-refractivity contribution >= 4 is 5.82 Å². The molecule has 114 valence electrons. The van der Waals surface area contributed by atoms with Crippen LogP contribution in [0.25, 0.3) is 5.69 Å². The van der Waals surface area contributed by atoms with E-state index in [1.54, 1.807) is 4.80 Å². The Kier molecular flexibility index (Phi) is 3.82. The number of aromatic nitrogens is 3. The molecule has 0 unspecified atom stereocenters. The van der Waals surface area contributed by atoms with Crippen molar-refractivity contribution in [1.29, 1.82) is 5.26 Å². The lowest BCUT2D eigenvalue weighted by Crippen LogP contribution is -2.45. The summed E-state index contributed by atoms with van der Waals surface area (Å²) in [5.41, 5.74) is 3.56. The first kappa shape index (κ1) is 14.5. The first-order valence-electron chi connectivity index (χ1n) is 7.47. The van der Waals surface area contributed by atoms with Gasteiger partial charge >= 0.3 is 0 Å². The molecule has 1 aliphatic rings. The average molecular weight is 296 g/mol. The molecule has 0 amide bonds. The third-order valence-electron chi connectivity index (χ3n) is 4.08. The lowest BCUT2D eigenvalue weighted by molar-refractivity contribution is 0.312. The van der Waals surface area contributed by atoms with E-state index in [0.29, 0.717) is 11.5 Å². The van der Waals surface area contributed by atoms with Gasteiger partial charge in [0, 0.05) is 26.2 Å². The minimum absolute atomic E-state index is 0.394. The number of nitrogens with zero attached hydrogens (tertiary/aromatic N) is 6. The molecular weight excluding hydrogens is 276 g/mol. The van der Waals surface area contributed by atoms with Gasteiger partial charge in [0.15, 0.2) is 5.82 Å². The van der Waals surface area contributed by atoms with E-state index in [4.69, 9.17) is 0 Å². The van der Waals surface area contributed by atoms with E-state index in [1.165, 1.54) is 0 Å². The minimum Gasteiger partial charge on any atom is -0.350 e. The zero-order valence-electron chi connectivity index (χ0n) is 13.2. The number of piperazine rings is 1. The van der Waals surface area contributed by atoms with Crippen molar-refractivity contribution in [3.8, 4) is 11.8 Å². The standard InChI is InChI=1S/C16H20N6/c1-12-4-5-13(2)15(10-12)22-18-14(11-17)16(19-22)21-8-6-20(3)7-9-21/h4-5,10H,6-9H2,1-3H3. The second kappa shape index (κ2) is 5.78. The maximum absolute atomic E-state index is 9.38. The van der Waals surface area contributed by atoms with Gasteiger partial charge in [0.05, 0.1) is 5.69 Å².